The maximum Gasteiger partial charge on any atom is 0.233 e. The highest BCUT2D eigenvalue weighted by Crippen LogP contribution is 2.26. The summed E-state index contributed by atoms with van der Waals surface area (Å²) in [5.74, 6) is 1.17. The van der Waals surface area contributed by atoms with Crippen molar-refractivity contribution in [3.8, 4) is 11.4 Å². The molecule has 1 aliphatic rings. The van der Waals surface area contributed by atoms with Crippen LogP contribution in [0.2, 0.25) is 5.02 Å². The van der Waals surface area contributed by atoms with Crippen LogP contribution in [0.3, 0.4) is 0 Å². The summed E-state index contributed by atoms with van der Waals surface area (Å²) in [5, 5.41) is 8.25. The Hall–Kier alpha value is -1.53. The number of likely N-dealkylation sites (tertiary alicyclic amines) is 1. The SMILES string of the molecule is O=C(CSc1n[nH]c(-c2ccccc2Cl)n1)N1CCCCCC1. The number of aromatic amines is 1. The maximum atomic E-state index is 12.3. The molecule has 3 rings (SSSR count). The van der Waals surface area contributed by atoms with Gasteiger partial charge in [-0.3, -0.25) is 9.89 Å². The van der Waals surface area contributed by atoms with E-state index in [1.165, 1.54) is 24.6 Å². The second-order valence-corrected chi connectivity index (χ2v) is 6.88. The Morgan fingerprint density at radius 3 is 2.70 bits per heavy atom. The van der Waals surface area contributed by atoms with Gasteiger partial charge in [-0.25, -0.2) is 4.98 Å². The molecule has 0 bridgehead atoms. The van der Waals surface area contributed by atoms with E-state index in [0.29, 0.717) is 21.8 Å². The number of carbonyl (C=O) groups is 1. The third kappa shape index (κ3) is 4.26. The molecule has 0 atom stereocenters. The molecule has 0 saturated carbocycles. The molecule has 1 saturated heterocycles. The van der Waals surface area contributed by atoms with Crippen LogP contribution < -0.4 is 0 Å². The average Bonchev–Trinajstić information content (AvgIpc) is 2.86. The number of thioether (sulfide) groups is 1. The van der Waals surface area contributed by atoms with Crippen LogP contribution in [-0.2, 0) is 4.79 Å². The van der Waals surface area contributed by atoms with Gasteiger partial charge in [0.15, 0.2) is 5.82 Å². The molecule has 23 heavy (non-hydrogen) atoms. The van der Waals surface area contributed by atoms with Crippen molar-refractivity contribution in [1.82, 2.24) is 20.1 Å². The van der Waals surface area contributed by atoms with Gasteiger partial charge in [0.2, 0.25) is 11.1 Å². The van der Waals surface area contributed by atoms with Crippen molar-refractivity contribution in [1.29, 1.82) is 0 Å². The van der Waals surface area contributed by atoms with Crippen molar-refractivity contribution in [3.63, 3.8) is 0 Å². The second-order valence-electron chi connectivity index (χ2n) is 5.53. The maximum absolute atomic E-state index is 12.3. The Bertz CT molecular complexity index is 668. The van der Waals surface area contributed by atoms with E-state index in [0.717, 1.165) is 31.5 Å². The zero-order valence-corrected chi connectivity index (χ0v) is 14.4. The molecule has 1 amide bonds. The number of aromatic nitrogens is 3. The highest BCUT2D eigenvalue weighted by molar-refractivity contribution is 7.99. The summed E-state index contributed by atoms with van der Waals surface area (Å²) in [4.78, 5) is 18.7. The first-order valence-electron chi connectivity index (χ1n) is 7.82. The van der Waals surface area contributed by atoms with Crippen molar-refractivity contribution in [2.24, 2.45) is 0 Å². The van der Waals surface area contributed by atoms with E-state index in [4.69, 9.17) is 11.6 Å². The predicted molar refractivity (Wildman–Crippen MR) is 92.6 cm³/mol. The topological polar surface area (TPSA) is 61.9 Å². The summed E-state index contributed by atoms with van der Waals surface area (Å²) >= 11 is 7.52. The normalized spacial score (nSPS) is 15.4. The van der Waals surface area contributed by atoms with Crippen LogP contribution >= 0.6 is 23.4 Å². The molecule has 7 heteroatoms. The van der Waals surface area contributed by atoms with Gasteiger partial charge in [0, 0.05) is 18.7 Å². The fourth-order valence-electron chi connectivity index (χ4n) is 2.62. The highest BCUT2D eigenvalue weighted by atomic mass is 35.5. The molecule has 1 aliphatic heterocycles. The molecule has 1 N–H and O–H groups in total. The van der Waals surface area contributed by atoms with E-state index in [1.54, 1.807) is 0 Å². The van der Waals surface area contributed by atoms with Gasteiger partial charge in [0.1, 0.15) is 0 Å². The van der Waals surface area contributed by atoms with E-state index in [-0.39, 0.29) is 5.91 Å². The van der Waals surface area contributed by atoms with Gasteiger partial charge in [-0.1, -0.05) is 48.3 Å². The van der Waals surface area contributed by atoms with Gasteiger partial charge in [-0.15, -0.1) is 5.10 Å². The van der Waals surface area contributed by atoms with E-state index in [9.17, 15) is 4.79 Å². The van der Waals surface area contributed by atoms with Gasteiger partial charge >= 0.3 is 0 Å². The third-order valence-electron chi connectivity index (χ3n) is 3.88. The first kappa shape index (κ1) is 16.3. The standard InChI is InChI=1S/C16H19ClN4OS/c17-13-8-4-3-7-12(13)15-18-16(20-19-15)23-11-14(22)21-9-5-1-2-6-10-21/h3-4,7-8H,1-2,5-6,9-11H2,(H,18,19,20). The molecule has 0 spiro atoms. The summed E-state index contributed by atoms with van der Waals surface area (Å²) in [5.41, 5.74) is 0.812. The number of H-pyrrole nitrogens is 1. The Balaban J connectivity index is 1.59. The number of halogens is 1. The first-order valence-corrected chi connectivity index (χ1v) is 9.18. The lowest BCUT2D eigenvalue weighted by Crippen LogP contribution is -2.33. The Morgan fingerprint density at radius 1 is 1.22 bits per heavy atom. The number of amides is 1. The molecule has 0 aliphatic carbocycles. The zero-order chi connectivity index (χ0) is 16.1. The summed E-state index contributed by atoms with van der Waals surface area (Å²) in [7, 11) is 0. The van der Waals surface area contributed by atoms with Gasteiger partial charge in [-0.2, -0.15) is 0 Å². The van der Waals surface area contributed by atoms with Crippen molar-refractivity contribution in [3.05, 3.63) is 29.3 Å². The monoisotopic (exact) mass is 350 g/mol. The largest absolute Gasteiger partial charge is 0.342 e. The van der Waals surface area contributed by atoms with Crippen LogP contribution in [0.5, 0.6) is 0 Å². The predicted octanol–water partition coefficient (Wildman–Crippen LogP) is 3.62. The molecule has 0 radical (unpaired) electrons. The minimum atomic E-state index is 0.168. The van der Waals surface area contributed by atoms with Crippen LogP contribution in [0.25, 0.3) is 11.4 Å². The van der Waals surface area contributed by atoms with Crippen LogP contribution in [0.4, 0.5) is 0 Å². The fraction of sp³-hybridized carbons (Fsp3) is 0.438. The lowest BCUT2D eigenvalue weighted by atomic mass is 10.2. The van der Waals surface area contributed by atoms with Crippen molar-refractivity contribution in [2.45, 2.75) is 30.8 Å². The minimum absolute atomic E-state index is 0.168. The smallest absolute Gasteiger partial charge is 0.233 e. The number of carbonyl (C=O) groups excluding carboxylic acids is 1. The van der Waals surface area contributed by atoms with E-state index in [2.05, 4.69) is 15.2 Å². The highest BCUT2D eigenvalue weighted by Gasteiger charge is 2.17. The number of hydrogen-bond donors (Lipinski definition) is 1. The summed E-state index contributed by atoms with van der Waals surface area (Å²) in [6, 6.07) is 7.48. The number of nitrogens with one attached hydrogen (secondary N) is 1. The fourth-order valence-corrected chi connectivity index (χ4v) is 3.55. The van der Waals surface area contributed by atoms with E-state index in [1.807, 2.05) is 29.2 Å². The summed E-state index contributed by atoms with van der Waals surface area (Å²) in [6.45, 7) is 1.75. The molecular formula is C16H19ClN4OS. The van der Waals surface area contributed by atoms with Crippen molar-refractivity contribution < 1.29 is 4.79 Å². The molecule has 1 aromatic carbocycles. The quantitative estimate of drug-likeness (QED) is 0.855. The summed E-state index contributed by atoms with van der Waals surface area (Å²) < 4.78 is 0. The van der Waals surface area contributed by atoms with Crippen LogP contribution in [0, 0.1) is 0 Å². The number of rotatable bonds is 4. The minimum Gasteiger partial charge on any atom is -0.342 e. The Labute approximate surface area is 144 Å². The molecule has 5 nitrogen and oxygen atoms in total. The van der Waals surface area contributed by atoms with Crippen molar-refractivity contribution >= 4 is 29.3 Å². The van der Waals surface area contributed by atoms with Crippen LogP contribution in [-0.4, -0.2) is 44.8 Å². The Kier molecular flexibility index (Phi) is 5.56. The van der Waals surface area contributed by atoms with Crippen LogP contribution in [0.15, 0.2) is 29.4 Å². The third-order valence-corrected chi connectivity index (χ3v) is 5.04. The number of benzene rings is 1. The van der Waals surface area contributed by atoms with Gasteiger partial charge < -0.3 is 4.90 Å². The Morgan fingerprint density at radius 2 is 1.96 bits per heavy atom. The molecule has 2 aromatic rings. The lowest BCUT2D eigenvalue weighted by Gasteiger charge is -2.19. The first-order chi connectivity index (χ1) is 11.2. The van der Waals surface area contributed by atoms with E-state index >= 15 is 0 Å². The molecule has 0 unspecified atom stereocenters. The zero-order valence-electron chi connectivity index (χ0n) is 12.8. The average molecular weight is 351 g/mol. The van der Waals surface area contributed by atoms with Gasteiger partial charge in [0.25, 0.3) is 0 Å². The lowest BCUT2D eigenvalue weighted by molar-refractivity contribution is -0.128. The second kappa shape index (κ2) is 7.84. The molecular weight excluding hydrogens is 332 g/mol. The molecule has 1 aromatic heterocycles. The van der Waals surface area contributed by atoms with E-state index < -0.39 is 0 Å². The van der Waals surface area contributed by atoms with Crippen molar-refractivity contribution in [2.75, 3.05) is 18.8 Å². The molecule has 2 heterocycles. The number of nitrogens with zero attached hydrogens (tertiary/aromatic N) is 3. The summed E-state index contributed by atoms with van der Waals surface area (Å²) in [6.07, 6.45) is 4.65. The van der Waals surface area contributed by atoms with Gasteiger partial charge in [-0.05, 0) is 25.0 Å². The van der Waals surface area contributed by atoms with Crippen LogP contribution in [0.1, 0.15) is 25.7 Å². The molecule has 122 valence electrons. The van der Waals surface area contributed by atoms with Gasteiger partial charge in [0.05, 0.1) is 10.8 Å². The molecule has 1 fully saturated rings. The number of hydrogen-bond acceptors (Lipinski definition) is 4.